The molecule has 2 aromatic heterocycles. The van der Waals surface area contributed by atoms with Gasteiger partial charge in [-0.2, -0.15) is 0 Å². The van der Waals surface area contributed by atoms with Gasteiger partial charge in [0, 0.05) is 11.4 Å². The molecule has 0 aromatic carbocycles. The van der Waals surface area contributed by atoms with E-state index in [1.165, 1.54) is 17.6 Å². The molecule has 0 aliphatic heterocycles. The first-order valence-electron chi connectivity index (χ1n) is 5.95. The Balaban J connectivity index is 0.00000200. The highest BCUT2D eigenvalue weighted by Crippen LogP contribution is 2.23. The van der Waals surface area contributed by atoms with Crippen LogP contribution >= 0.6 is 35.3 Å². The number of furan rings is 1. The summed E-state index contributed by atoms with van der Waals surface area (Å²) >= 11 is 7.37. The zero-order chi connectivity index (χ0) is 13.8. The van der Waals surface area contributed by atoms with Gasteiger partial charge in [-0.1, -0.05) is 11.6 Å². The Morgan fingerprint density at radius 1 is 1.50 bits per heavy atom. The van der Waals surface area contributed by atoms with Crippen molar-refractivity contribution in [2.24, 2.45) is 5.73 Å². The number of carbonyl (C=O) groups is 1. The van der Waals surface area contributed by atoms with E-state index in [1.807, 2.05) is 19.1 Å². The van der Waals surface area contributed by atoms with Crippen LogP contribution in [-0.2, 0) is 13.1 Å². The highest BCUT2D eigenvalue weighted by molar-refractivity contribution is 7.16. The zero-order valence-corrected chi connectivity index (χ0v) is 13.4. The van der Waals surface area contributed by atoms with Crippen LogP contribution in [0.3, 0.4) is 0 Å². The van der Waals surface area contributed by atoms with Crippen molar-refractivity contribution < 1.29 is 9.21 Å². The number of nitrogens with two attached hydrogens (primary N) is 1. The number of carbonyl (C=O) groups excluding carboxylic acids is 1. The molecule has 0 fully saturated rings. The maximum atomic E-state index is 12.3. The lowest BCUT2D eigenvalue weighted by atomic mass is 10.2. The van der Waals surface area contributed by atoms with E-state index in [0.29, 0.717) is 31.0 Å². The number of rotatable bonds is 5. The highest BCUT2D eigenvalue weighted by Gasteiger charge is 2.17. The SMILES string of the molecule is CCN(Cc1ccc(Cl)s1)C(=O)c1coc(CN)c1.Cl. The molecule has 0 spiro atoms. The molecule has 0 saturated heterocycles. The molecule has 0 radical (unpaired) electrons. The van der Waals surface area contributed by atoms with Crippen molar-refractivity contribution in [3.05, 3.63) is 45.0 Å². The van der Waals surface area contributed by atoms with Gasteiger partial charge in [0.1, 0.15) is 12.0 Å². The Morgan fingerprint density at radius 3 is 2.75 bits per heavy atom. The molecule has 0 atom stereocenters. The van der Waals surface area contributed by atoms with Crippen LogP contribution in [0.25, 0.3) is 0 Å². The van der Waals surface area contributed by atoms with E-state index >= 15 is 0 Å². The first-order chi connectivity index (χ1) is 9.13. The van der Waals surface area contributed by atoms with Crippen molar-refractivity contribution in [3.63, 3.8) is 0 Å². The summed E-state index contributed by atoms with van der Waals surface area (Å²) in [7, 11) is 0. The molecule has 20 heavy (non-hydrogen) atoms. The topological polar surface area (TPSA) is 59.5 Å². The molecule has 7 heteroatoms. The fourth-order valence-electron chi connectivity index (χ4n) is 1.73. The summed E-state index contributed by atoms with van der Waals surface area (Å²) in [6.45, 7) is 3.41. The number of amides is 1. The van der Waals surface area contributed by atoms with Crippen LogP contribution in [0.5, 0.6) is 0 Å². The monoisotopic (exact) mass is 334 g/mol. The van der Waals surface area contributed by atoms with Gasteiger partial charge in [0.25, 0.3) is 5.91 Å². The van der Waals surface area contributed by atoms with Gasteiger partial charge in [0.05, 0.1) is 23.0 Å². The number of hydrogen-bond acceptors (Lipinski definition) is 4. The normalized spacial score (nSPS) is 10.2. The van der Waals surface area contributed by atoms with Crippen LogP contribution in [0, 0.1) is 0 Å². The molecule has 0 aliphatic rings. The van der Waals surface area contributed by atoms with Gasteiger partial charge >= 0.3 is 0 Å². The number of hydrogen-bond donors (Lipinski definition) is 1. The standard InChI is InChI=1S/C13H15ClN2O2S.ClH/c1-2-16(7-11-3-4-12(14)19-11)13(17)9-5-10(6-15)18-8-9;/h3-5,8H,2,6-7,15H2,1H3;1H. The van der Waals surface area contributed by atoms with Crippen LogP contribution in [-0.4, -0.2) is 17.4 Å². The number of halogens is 2. The maximum absolute atomic E-state index is 12.3. The van der Waals surface area contributed by atoms with E-state index in [1.54, 1.807) is 11.0 Å². The summed E-state index contributed by atoms with van der Waals surface area (Å²) in [5.41, 5.74) is 6.00. The minimum absolute atomic E-state index is 0. The molecule has 0 unspecified atom stereocenters. The largest absolute Gasteiger partial charge is 0.467 e. The molecule has 2 rings (SSSR count). The fourth-order valence-corrected chi connectivity index (χ4v) is 2.84. The van der Waals surface area contributed by atoms with Gasteiger partial charge < -0.3 is 15.1 Å². The van der Waals surface area contributed by atoms with E-state index in [2.05, 4.69) is 0 Å². The van der Waals surface area contributed by atoms with Gasteiger partial charge in [0.2, 0.25) is 0 Å². The van der Waals surface area contributed by atoms with Gasteiger partial charge in [-0.05, 0) is 25.1 Å². The van der Waals surface area contributed by atoms with Crippen LogP contribution < -0.4 is 5.73 Å². The van der Waals surface area contributed by atoms with Gasteiger partial charge in [-0.3, -0.25) is 4.79 Å². The van der Waals surface area contributed by atoms with Crippen molar-refractivity contribution >= 4 is 41.3 Å². The average molecular weight is 335 g/mol. The van der Waals surface area contributed by atoms with Crippen molar-refractivity contribution in [2.45, 2.75) is 20.0 Å². The fraction of sp³-hybridized carbons (Fsp3) is 0.308. The predicted octanol–water partition coefficient (Wildman–Crippen LogP) is 3.54. The Kier molecular flexibility index (Phi) is 6.55. The van der Waals surface area contributed by atoms with Gasteiger partial charge in [-0.15, -0.1) is 23.7 Å². The Hall–Kier alpha value is -1.01. The van der Waals surface area contributed by atoms with Gasteiger partial charge in [0.15, 0.2) is 0 Å². The second-order valence-corrected chi connectivity index (χ2v) is 5.83. The van der Waals surface area contributed by atoms with Crippen LogP contribution in [0.2, 0.25) is 4.34 Å². The molecule has 0 bridgehead atoms. The highest BCUT2D eigenvalue weighted by atomic mass is 35.5. The van der Waals surface area contributed by atoms with Gasteiger partial charge in [-0.25, -0.2) is 0 Å². The molecule has 0 saturated carbocycles. The van der Waals surface area contributed by atoms with Crippen LogP contribution in [0.4, 0.5) is 0 Å². The second-order valence-electron chi connectivity index (χ2n) is 4.03. The Labute approximate surface area is 132 Å². The lowest BCUT2D eigenvalue weighted by Crippen LogP contribution is -2.29. The third-order valence-electron chi connectivity index (χ3n) is 2.75. The average Bonchev–Trinajstić information content (AvgIpc) is 3.04. The van der Waals surface area contributed by atoms with Crippen molar-refractivity contribution in [1.29, 1.82) is 0 Å². The van der Waals surface area contributed by atoms with Crippen molar-refractivity contribution in [1.82, 2.24) is 4.90 Å². The first kappa shape index (κ1) is 17.0. The lowest BCUT2D eigenvalue weighted by Gasteiger charge is -2.19. The van der Waals surface area contributed by atoms with Crippen LogP contribution in [0.15, 0.2) is 28.9 Å². The van der Waals surface area contributed by atoms with Crippen LogP contribution in [0.1, 0.15) is 27.9 Å². The van der Waals surface area contributed by atoms with E-state index in [-0.39, 0.29) is 18.3 Å². The summed E-state index contributed by atoms with van der Waals surface area (Å²) in [6.07, 6.45) is 1.45. The summed E-state index contributed by atoms with van der Waals surface area (Å²) < 4.78 is 5.92. The van der Waals surface area contributed by atoms with Crippen molar-refractivity contribution in [3.8, 4) is 0 Å². The molecule has 110 valence electrons. The summed E-state index contributed by atoms with van der Waals surface area (Å²) in [5, 5.41) is 0. The maximum Gasteiger partial charge on any atom is 0.257 e. The third kappa shape index (κ3) is 3.99. The molecule has 2 N–H and O–H groups in total. The summed E-state index contributed by atoms with van der Waals surface area (Å²) in [5.74, 6) is 0.550. The molecule has 0 aliphatic carbocycles. The lowest BCUT2D eigenvalue weighted by molar-refractivity contribution is 0.0753. The molecular weight excluding hydrogens is 319 g/mol. The molecule has 4 nitrogen and oxygen atoms in total. The molecule has 2 aromatic rings. The smallest absolute Gasteiger partial charge is 0.257 e. The summed E-state index contributed by atoms with van der Waals surface area (Å²) in [6, 6.07) is 5.46. The molecule has 1 amide bonds. The van der Waals surface area contributed by atoms with E-state index in [9.17, 15) is 4.79 Å². The Morgan fingerprint density at radius 2 is 2.25 bits per heavy atom. The number of thiophene rings is 1. The minimum atomic E-state index is -0.0597. The quantitative estimate of drug-likeness (QED) is 0.909. The Bertz CT molecular complexity index is 568. The second kappa shape index (κ2) is 7.69. The van der Waals surface area contributed by atoms with E-state index < -0.39 is 0 Å². The zero-order valence-electron chi connectivity index (χ0n) is 11.0. The van der Waals surface area contributed by atoms with E-state index in [0.717, 1.165) is 9.21 Å². The molecular formula is C13H16Cl2N2O2S. The van der Waals surface area contributed by atoms with Crippen molar-refractivity contribution in [2.75, 3.05) is 6.54 Å². The third-order valence-corrected chi connectivity index (χ3v) is 3.96. The predicted molar refractivity (Wildman–Crippen MR) is 83.6 cm³/mol. The minimum Gasteiger partial charge on any atom is -0.467 e. The number of nitrogens with zero attached hydrogens (tertiary/aromatic N) is 1. The van der Waals surface area contributed by atoms with E-state index in [4.69, 9.17) is 21.8 Å². The first-order valence-corrected chi connectivity index (χ1v) is 7.14. The molecule has 2 heterocycles. The summed E-state index contributed by atoms with van der Waals surface area (Å²) in [4.78, 5) is 15.1.